The maximum atomic E-state index is 5.80. The Bertz CT molecular complexity index is 154. The Morgan fingerprint density at radius 2 is 1.75 bits per heavy atom. The summed E-state index contributed by atoms with van der Waals surface area (Å²) >= 11 is 0. The minimum atomic E-state index is 0.0340. The quantitative estimate of drug-likeness (QED) is 0.726. The van der Waals surface area contributed by atoms with Crippen LogP contribution in [0.2, 0.25) is 0 Å². The van der Waals surface area contributed by atoms with Gasteiger partial charge in [0.25, 0.3) is 0 Å². The van der Waals surface area contributed by atoms with Crippen molar-refractivity contribution in [2.75, 3.05) is 39.5 Å². The SMILES string of the molecule is CC.CCC(C)(C)OCCN1CCOCC1. The van der Waals surface area contributed by atoms with Gasteiger partial charge in [0.2, 0.25) is 0 Å². The minimum absolute atomic E-state index is 0.0340. The summed E-state index contributed by atoms with van der Waals surface area (Å²) in [6.45, 7) is 16.2. The summed E-state index contributed by atoms with van der Waals surface area (Å²) in [6, 6.07) is 0. The molecule has 3 heteroatoms. The molecule has 16 heavy (non-hydrogen) atoms. The third-order valence-corrected chi connectivity index (χ3v) is 2.86. The van der Waals surface area contributed by atoms with Crippen LogP contribution in [0.1, 0.15) is 41.0 Å². The van der Waals surface area contributed by atoms with E-state index in [1.807, 2.05) is 13.8 Å². The molecule has 1 aliphatic heterocycles. The predicted molar refractivity (Wildman–Crippen MR) is 68.9 cm³/mol. The molecule has 98 valence electrons. The molecule has 0 saturated carbocycles. The highest BCUT2D eigenvalue weighted by Gasteiger charge is 2.16. The number of nitrogens with zero attached hydrogens (tertiary/aromatic N) is 1. The first kappa shape index (κ1) is 15.9. The molecule has 0 unspecified atom stereocenters. The number of ether oxygens (including phenoxy) is 2. The Kier molecular flexibility index (Phi) is 8.90. The Labute approximate surface area is 101 Å². The van der Waals surface area contributed by atoms with E-state index < -0.39 is 0 Å². The number of hydrogen-bond acceptors (Lipinski definition) is 3. The highest BCUT2D eigenvalue weighted by molar-refractivity contribution is 4.67. The molecule has 3 nitrogen and oxygen atoms in total. The van der Waals surface area contributed by atoms with Gasteiger partial charge in [0, 0.05) is 19.6 Å². The minimum Gasteiger partial charge on any atom is -0.379 e. The summed E-state index contributed by atoms with van der Waals surface area (Å²) in [4.78, 5) is 2.40. The monoisotopic (exact) mass is 231 g/mol. The van der Waals surface area contributed by atoms with Crippen molar-refractivity contribution in [3.63, 3.8) is 0 Å². The normalized spacial score (nSPS) is 17.8. The molecule has 0 atom stereocenters. The van der Waals surface area contributed by atoms with Crippen molar-refractivity contribution >= 4 is 0 Å². The van der Waals surface area contributed by atoms with Crippen LogP contribution >= 0.6 is 0 Å². The van der Waals surface area contributed by atoms with E-state index in [-0.39, 0.29) is 5.60 Å². The predicted octanol–water partition coefficient (Wildman–Crippen LogP) is 2.55. The first-order valence-corrected chi connectivity index (χ1v) is 6.58. The zero-order valence-corrected chi connectivity index (χ0v) is 11.7. The molecule has 1 saturated heterocycles. The van der Waals surface area contributed by atoms with E-state index >= 15 is 0 Å². The third kappa shape index (κ3) is 7.20. The molecule has 1 aliphatic rings. The summed E-state index contributed by atoms with van der Waals surface area (Å²) in [5.41, 5.74) is 0.0340. The van der Waals surface area contributed by atoms with Crippen molar-refractivity contribution < 1.29 is 9.47 Å². The highest BCUT2D eigenvalue weighted by atomic mass is 16.5. The van der Waals surface area contributed by atoms with Crippen molar-refractivity contribution in [2.45, 2.75) is 46.6 Å². The van der Waals surface area contributed by atoms with Gasteiger partial charge in [0.1, 0.15) is 0 Å². The van der Waals surface area contributed by atoms with Crippen LogP contribution in [0.25, 0.3) is 0 Å². The Morgan fingerprint density at radius 1 is 1.19 bits per heavy atom. The smallest absolute Gasteiger partial charge is 0.0624 e. The molecule has 0 aromatic carbocycles. The van der Waals surface area contributed by atoms with E-state index in [0.717, 1.165) is 45.9 Å². The zero-order valence-electron chi connectivity index (χ0n) is 11.7. The van der Waals surface area contributed by atoms with E-state index in [9.17, 15) is 0 Å². The van der Waals surface area contributed by atoms with Crippen LogP contribution in [0.4, 0.5) is 0 Å². The van der Waals surface area contributed by atoms with Gasteiger partial charge in [-0.1, -0.05) is 20.8 Å². The molecular formula is C13H29NO2. The molecule has 0 aliphatic carbocycles. The Morgan fingerprint density at radius 3 is 2.25 bits per heavy atom. The Hall–Kier alpha value is -0.120. The molecule has 0 radical (unpaired) electrons. The van der Waals surface area contributed by atoms with Gasteiger partial charge < -0.3 is 9.47 Å². The van der Waals surface area contributed by atoms with Gasteiger partial charge in [0.05, 0.1) is 25.4 Å². The van der Waals surface area contributed by atoms with Crippen LogP contribution in [0.3, 0.4) is 0 Å². The standard InChI is InChI=1S/C11H23NO2.C2H6/c1-4-11(2,3)14-10-7-12-5-8-13-9-6-12;1-2/h4-10H2,1-3H3;1-2H3. The molecular weight excluding hydrogens is 202 g/mol. The molecule has 0 amide bonds. The summed E-state index contributed by atoms with van der Waals surface area (Å²) in [6.07, 6.45) is 1.07. The number of morpholine rings is 1. The molecule has 0 spiro atoms. The van der Waals surface area contributed by atoms with Gasteiger partial charge in [-0.2, -0.15) is 0 Å². The zero-order chi connectivity index (χ0) is 12.4. The van der Waals surface area contributed by atoms with Crippen molar-refractivity contribution in [1.29, 1.82) is 0 Å². The summed E-state index contributed by atoms with van der Waals surface area (Å²) in [5.74, 6) is 0. The van der Waals surface area contributed by atoms with Crippen LogP contribution in [0.5, 0.6) is 0 Å². The van der Waals surface area contributed by atoms with Crippen molar-refractivity contribution in [3.8, 4) is 0 Å². The molecule has 0 aromatic rings. The lowest BCUT2D eigenvalue weighted by Crippen LogP contribution is -2.39. The molecule has 0 bridgehead atoms. The van der Waals surface area contributed by atoms with E-state index in [1.54, 1.807) is 0 Å². The topological polar surface area (TPSA) is 21.7 Å². The van der Waals surface area contributed by atoms with Crippen LogP contribution in [0.15, 0.2) is 0 Å². The maximum absolute atomic E-state index is 5.80. The second-order valence-electron chi connectivity index (χ2n) is 4.42. The van der Waals surface area contributed by atoms with Crippen molar-refractivity contribution in [2.24, 2.45) is 0 Å². The van der Waals surface area contributed by atoms with Gasteiger partial charge in [0.15, 0.2) is 0 Å². The second-order valence-corrected chi connectivity index (χ2v) is 4.42. The van der Waals surface area contributed by atoms with E-state index in [1.165, 1.54) is 0 Å². The van der Waals surface area contributed by atoms with Gasteiger partial charge in [-0.05, 0) is 20.3 Å². The molecule has 0 N–H and O–H groups in total. The van der Waals surface area contributed by atoms with Gasteiger partial charge in [-0.3, -0.25) is 4.90 Å². The number of rotatable bonds is 5. The van der Waals surface area contributed by atoms with Gasteiger partial charge in [-0.25, -0.2) is 0 Å². The number of hydrogen-bond donors (Lipinski definition) is 0. The summed E-state index contributed by atoms with van der Waals surface area (Å²) < 4.78 is 11.1. The average Bonchev–Trinajstić information content (AvgIpc) is 2.33. The van der Waals surface area contributed by atoms with Crippen LogP contribution < -0.4 is 0 Å². The molecule has 1 fully saturated rings. The fraction of sp³-hybridized carbons (Fsp3) is 1.00. The fourth-order valence-corrected chi connectivity index (χ4v) is 1.38. The van der Waals surface area contributed by atoms with Crippen molar-refractivity contribution in [1.82, 2.24) is 4.90 Å². The first-order valence-electron chi connectivity index (χ1n) is 6.58. The average molecular weight is 231 g/mol. The fourth-order valence-electron chi connectivity index (χ4n) is 1.38. The van der Waals surface area contributed by atoms with Gasteiger partial charge in [-0.15, -0.1) is 0 Å². The van der Waals surface area contributed by atoms with E-state index in [4.69, 9.17) is 9.47 Å². The molecule has 1 rings (SSSR count). The van der Waals surface area contributed by atoms with Crippen LogP contribution in [-0.4, -0.2) is 50.0 Å². The highest BCUT2D eigenvalue weighted by Crippen LogP contribution is 2.13. The third-order valence-electron chi connectivity index (χ3n) is 2.86. The lowest BCUT2D eigenvalue weighted by atomic mass is 10.1. The lowest BCUT2D eigenvalue weighted by molar-refractivity contribution is -0.0402. The van der Waals surface area contributed by atoms with E-state index in [0.29, 0.717) is 0 Å². The van der Waals surface area contributed by atoms with E-state index in [2.05, 4.69) is 25.7 Å². The van der Waals surface area contributed by atoms with Crippen LogP contribution in [-0.2, 0) is 9.47 Å². The van der Waals surface area contributed by atoms with Crippen molar-refractivity contribution in [3.05, 3.63) is 0 Å². The molecule has 0 aromatic heterocycles. The maximum Gasteiger partial charge on any atom is 0.0624 e. The lowest BCUT2D eigenvalue weighted by Gasteiger charge is -2.29. The first-order chi connectivity index (χ1) is 7.64. The van der Waals surface area contributed by atoms with Gasteiger partial charge >= 0.3 is 0 Å². The Balaban J connectivity index is 0.00000106. The summed E-state index contributed by atoms with van der Waals surface area (Å²) in [7, 11) is 0. The van der Waals surface area contributed by atoms with Crippen LogP contribution in [0, 0.1) is 0 Å². The second kappa shape index (κ2) is 8.97. The summed E-state index contributed by atoms with van der Waals surface area (Å²) in [5, 5.41) is 0. The largest absolute Gasteiger partial charge is 0.379 e. The molecule has 1 heterocycles.